The number of terminal acetylenes is 1. The predicted octanol–water partition coefficient (Wildman–Crippen LogP) is 2.27. The van der Waals surface area contributed by atoms with E-state index in [0.29, 0.717) is 5.76 Å². The predicted molar refractivity (Wildman–Crippen MR) is 59.0 cm³/mol. The molecule has 0 aliphatic carbocycles. The maximum atomic E-state index is 11.0. The molecule has 0 aromatic rings. The Labute approximate surface area is 91.5 Å². The van der Waals surface area contributed by atoms with Crippen molar-refractivity contribution in [3.8, 4) is 12.3 Å². The third-order valence-electron chi connectivity index (χ3n) is 1.85. The Hall–Kier alpha value is -1.43. The summed E-state index contributed by atoms with van der Waals surface area (Å²) in [5.41, 5.74) is 0. The van der Waals surface area contributed by atoms with Crippen LogP contribution in [0.1, 0.15) is 32.6 Å². The van der Waals surface area contributed by atoms with Crippen LogP contribution < -0.4 is 0 Å². The molecule has 0 aliphatic rings. The largest absolute Gasteiger partial charge is 0.485 e. The normalized spacial score (nSPS) is 10.6. The van der Waals surface area contributed by atoms with Crippen molar-refractivity contribution < 1.29 is 14.3 Å². The third kappa shape index (κ3) is 7.63. The number of rotatable bonds is 7. The smallest absolute Gasteiger partial charge is 0.333 e. The Morgan fingerprint density at radius 3 is 2.73 bits per heavy atom. The lowest BCUT2D eigenvalue weighted by Gasteiger charge is -2.07. The second-order valence-corrected chi connectivity index (χ2v) is 3.08. The monoisotopic (exact) mass is 210 g/mol. The molecule has 15 heavy (non-hydrogen) atoms. The van der Waals surface area contributed by atoms with Crippen molar-refractivity contribution in [2.24, 2.45) is 0 Å². The zero-order valence-electron chi connectivity index (χ0n) is 9.41. The van der Waals surface area contributed by atoms with Crippen molar-refractivity contribution in [1.29, 1.82) is 0 Å². The molecule has 0 atom stereocenters. The second kappa shape index (κ2) is 9.14. The van der Waals surface area contributed by atoms with E-state index in [2.05, 4.69) is 17.6 Å². The van der Waals surface area contributed by atoms with Gasteiger partial charge in [-0.15, -0.1) is 6.42 Å². The minimum atomic E-state index is -0.404. The number of methoxy groups -OCH3 is 1. The molecule has 0 rings (SSSR count). The van der Waals surface area contributed by atoms with Crippen LogP contribution in [-0.2, 0) is 14.3 Å². The summed E-state index contributed by atoms with van der Waals surface area (Å²) in [5.74, 6) is 2.57. The minimum Gasteiger partial charge on any atom is -0.485 e. The maximum Gasteiger partial charge on any atom is 0.333 e. The summed E-state index contributed by atoms with van der Waals surface area (Å²) in [4.78, 5) is 11.0. The molecule has 0 spiro atoms. The lowest BCUT2D eigenvalue weighted by atomic mass is 10.2. The SMILES string of the molecule is C#CCO/C(=C/C(=O)OC)CCCCC. The number of ether oxygens (including phenoxy) is 2. The highest BCUT2D eigenvalue weighted by molar-refractivity contribution is 5.82. The average Bonchev–Trinajstić information content (AvgIpc) is 2.25. The summed E-state index contributed by atoms with van der Waals surface area (Å²) >= 11 is 0. The fraction of sp³-hybridized carbons (Fsp3) is 0.583. The van der Waals surface area contributed by atoms with Crippen LogP contribution in [0.3, 0.4) is 0 Å². The first kappa shape index (κ1) is 13.6. The quantitative estimate of drug-likeness (QED) is 0.212. The molecular formula is C12H18O3. The lowest BCUT2D eigenvalue weighted by molar-refractivity contribution is -0.135. The van der Waals surface area contributed by atoms with Gasteiger partial charge < -0.3 is 9.47 Å². The van der Waals surface area contributed by atoms with Crippen molar-refractivity contribution in [2.75, 3.05) is 13.7 Å². The highest BCUT2D eigenvalue weighted by Crippen LogP contribution is 2.10. The van der Waals surface area contributed by atoms with Crippen molar-refractivity contribution in [3.05, 3.63) is 11.8 Å². The van der Waals surface area contributed by atoms with Crippen molar-refractivity contribution in [3.63, 3.8) is 0 Å². The Balaban J connectivity index is 4.12. The van der Waals surface area contributed by atoms with E-state index < -0.39 is 5.97 Å². The first-order chi connectivity index (χ1) is 7.24. The van der Waals surface area contributed by atoms with E-state index in [9.17, 15) is 4.79 Å². The van der Waals surface area contributed by atoms with Crippen LogP contribution >= 0.6 is 0 Å². The van der Waals surface area contributed by atoms with Crippen molar-refractivity contribution >= 4 is 5.97 Å². The van der Waals surface area contributed by atoms with Gasteiger partial charge in [-0.2, -0.15) is 0 Å². The molecule has 0 fully saturated rings. The van der Waals surface area contributed by atoms with Crippen LogP contribution in [0.5, 0.6) is 0 Å². The lowest BCUT2D eigenvalue weighted by Crippen LogP contribution is -2.01. The molecule has 3 heteroatoms. The molecule has 0 N–H and O–H groups in total. The summed E-state index contributed by atoms with van der Waals surface area (Å²) in [5, 5.41) is 0. The van der Waals surface area contributed by atoms with Gasteiger partial charge >= 0.3 is 5.97 Å². The molecule has 0 amide bonds. The summed E-state index contributed by atoms with van der Waals surface area (Å²) in [7, 11) is 1.34. The first-order valence-corrected chi connectivity index (χ1v) is 5.09. The van der Waals surface area contributed by atoms with Crippen LogP contribution in [0.4, 0.5) is 0 Å². The zero-order valence-corrected chi connectivity index (χ0v) is 9.41. The van der Waals surface area contributed by atoms with Gasteiger partial charge in [0.25, 0.3) is 0 Å². The zero-order chi connectivity index (χ0) is 11.5. The topological polar surface area (TPSA) is 35.5 Å². The van der Waals surface area contributed by atoms with Gasteiger partial charge in [0.1, 0.15) is 12.4 Å². The first-order valence-electron chi connectivity index (χ1n) is 5.09. The fourth-order valence-electron chi connectivity index (χ4n) is 1.06. The molecule has 0 saturated heterocycles. The van der Waals surface area contributed by atoms with E-state index in [1.807, 2.05) is 0 Å². The molecule has 0 aliphatic heterocycles. The summed E-state index contributed by atoms with van der Waals surface area (Å²) in [6.07, 6.45) is 10.4. The number of carbonyl (C=O) groups is 1. The Bertz CT molecular complexity index is 248. The Kier molecular flexibility index (Phi) is 8.27. The molecule has 0 radical (unpaired) electrons. The Morgan fingerprint density at radius 1 is 1.47 bits per heavy atom. The van der Waals surface area contributed by atoms with Crippen LogP contribution in [0.25, 0.3) is 0 Å². The van der Waals surface area contributed by atoms with Gasteiger partial charge in [0.2, 0.25) is 0 Å². The Morgan fingerprint density at radius 2 is 2.20 bits per heavy atom. The molecule has 0 bridgehead atoms. The molecule has 0 saturated carbocycles. The molecular weight excluding hydrogens is 192 g/mol. The van der Waals surface area contributed by atoms with E-state index in [1.165, 1.54) is 13.2 Å². The molecule has 3 nitrogen and oxygen atoms in total. The number of carbonyl (C=O) groups excluding carboxylic acids is 1. The average molecular weight is 210 g/mol. The van der Waals surface area contributed by atoms with E-state index in [1.54, 1.807) is 0 Å². The number of hydrogen-bond acceptors (Lipinski definition) is 3. The van der Waals surface area contributed by atoms with Gasteiger partial charge in [-0.25, -0.2) is 4.79 Å². The number of allylic oxidation sites excluding steroid dienone is 1. The summed E-state index contributed by atoms with van der Waals surface area (Å²) in [6.45, 7) is 2.31. The molecule has 0 unspecified atom stereocenters. The van der Waals surface area contributed by atoms with E-state index in [-0.39, 0.29) is 6.61 Å². The molecule has 84 valence electrons. The van der Waals surface area contributed by atoms with Gasteiger partial charge in [-0.3, -0.25) is 0 Å². The number of unbranched alkanes of at least 4 members (excludes halogenated alkanes) is 2. The molecule has 0 heterocycles. The summed E-state index contributed by atoms with van der Waals surface area (Å²) < 4.78 is 9.75. The summed E-state index contributed by atoms with van der Waals surface area (Å²) in [6, 6.07) is 0. The van der Waals surface area contributed by atoms with Crippen LogP contribution in [0.2, 0.25) is 0 Å². The van der Waals surface area contributed by atoms with Gasteiger partial charge in [0.05, 0.1) is 13.2 Å². The van der Waals surface area contributed by atoms with Crippen molar-refractivity contribution in [2.45, 2.75) is 32.6 Å². The minimum absolute atomic E-state index is 0.189. The van der Waals surface area contributed by atoms with E-state index in [4.69, 9.17) is 11.2 Å². The van der Waals surface area contributed by atoms with E-state index >= 15 is 0 Å². The molecule has 0 aromatic carbocycles. The number of esters is 1. The van der Waals surface area contributed by atoms with Crippen molar-refractivity contribution in [1.82, 2.24) is 0 Å². The second-order valence-electron chi connectivity index (χ2n) is 3.08. The number of hydrogen-bond donors (Lipinski definition) is 0. The molecule has 0 aromatic heterocycles. The maximum absolute atomic E-state index is 11.0. The van der Waals surface area contributed by atoms with Crippen LogP contribution in [0, 0.1) is 12.3 Å². The van der Waals surface area contributed by atoms with Gasteiger partial charge in [0.15, 0.2) is 0 Å². The van der Waals surface area contributed by atoms with Crippen LogP contribution in [0.15, 0.2) is 11.8 Å². The van der Waals surface area contributed by atoms with Crippen LogP contribution in [-0.4, -0.2) is 19.7 Å². The third-order valence-corrected chi connectivity index (χ3v) is 1.85. The fourth-order valence-corrected chi connectivity index (χ4v) is 1.06. The highest BCUT2D eigenvalue weighted by atomic mass is 16.5. The van der Waals surface area contributed by atoms with Gasteiger partial charge in [-0.05, 0) is 6.42 Å². The van der Waals surface area contributed by atoms with Gasteiger partial charge in [-0.1, -0.05) is 25.7 Å². The van der Waals surface area contributed by atoms with E-state index in [0.717, 1.165) is 25.7 Å². The standard InChI is InChI=1S/C12H18O3/c1-4-6-7-8-11(15-9-5-2)10-12(13)14-3/h2,10H,4,6-9H2,1,3H3/b11-10+. The highest BCUT2D eigenvalue weighted by Gasteiger charge is 2.02. The van der Waals surface area contributed by atoms with Gasteiger partial charge in [0, 0.05) is 6.42 Å².